The third kappa shape index (κ3) is 3.22. The summed E-state index contributed by atoms with van der Waals surface area (Å²) in [5, 5.41) is 3.44. The van der Waals surface area contributed by atoms with Crippen molar-refractivity contribution in [3.05, 3.63) is 17.7 Å². The predicted octanol–water partition coefficient (Wildman–Crippen LogP) is 2.91. The average molecular weight is 349 g/mol. The molecule has 1 aliphatic rings. The normalized spacial score (nSPS) is 18.4. The molecule has 0 saturated carbocycles. The van der Waals surface area contributed by atoms with Crippen molar-refractivity contribution < 1.29 is 14.2 Å². The fourth-order valence-corrected chi connectivity index (χ4v) is 3.17. The lowest BCUT2D eigenvalue weighted by atomic mass is 9.65. The molecule has 25 heavy (non-hydrogen) atoms. The van der Waals surface area contributed by atoms with Gasteiger partial charge in [-0.05, 0) is 26.0 Å². The van der Waals surface area contributed by atoms with E-state index in [-0.39, 0.29) is 11.0 Å². The molecule has 0 spiro atoms. The zero-order valence-electron chi connectivity index (χ0n) is 16.7. The molecule has 1 aliphatic heterocycles. The van der Waals surface area contributed by atoms with Crippen LogP contribution < -0.4 is 19.5 Å². The summed E-state index contributed by atoms with van der Waals surface area (Å²) in [5.74, 6) is 2.82. The van der Waals surface area contributed by atoms with Crippen LogP contribution in [0, 0.1) is 5.41 Å². The summed E-state index contributed by atoms with van der Waals surface area (Å²) in [6.45, 7) is 10.6. The minimum absolute atomic E-state index is 0.0521. The smallest absolute Gasteiger partial charge is 0.203 e. The van der Waals surface area contributed by atoms with E-state index in [9.17, 15) is 0 Å². The van der Waals surface area contributed by atoms with E-state index < -0.39 is 0 Å². The Hall–Kier alpha value is -2.11. The topological polar surface area (TPSA) is 55.3 Å². The van der Waals surface area contributed by atoms with Crippen molar-refractivity contribution in [2.24, 2.45) is 10.4 Å². The van der Waals surface area contributed by atoms with E-state index in [0.717, 1.165) is 18.1 Å². The van der Waals surface area contributed by atoms with Gasteiger partial charge in [0, 0.05) is 36.7 Å². The number of rotatable bonds is 5. The molecule has 6 heteroatoms. The van der Waals surface area contributed by atoms with Crippen LogP contribution in [0.4, 0.5) is 0 Å². The van der Waals surface area contributed by atoms with Crippen LogP contribution in [0.3, 0.4) is 0 Å². The predicted molar refractivity (Wildman–Crippen MR) is 101 cm³/mol. The molecule has 0 unspecified atom stereocenters. The molecule has 0 radical (unpaired) electrons. The van der Waals surface area contributed by atoms with Gasteiger partial charge in [0.2, 0.25) is 5.75 Å². The number of methoxy groups -OCH3 is 3. The molecule has 0 aliphatic carbocycles. The van der Waals surface area contributed by atoms with Gasteiger partial charge in [0.15, 0.2) is 17.5 Å². The fraction of sp³-hybridized carbons (Fsp3) is 0.632. The van der Waals surface area contributed by atoms with Gasteiger partial charge < -0.3 is 24.4 Å². The van der Waals surface area contributed by atoms with Gasteiger partial charge >= 0.3 is 0 Å². The van der Waals surface area contributed by atoms with Gasteiger partial charge in [-0.25, -0.2) is 0 Å². The number of nitrogens with zero attached hydrogens (tertiary/aromatic N) is 2. The first-order chi connectivity index (χ1) is 11.7. The van der Waals surface area contributed by atoms with Crippen molar-refractivity contribution >= 4 is 5.96 Å². The minimum Gasteiger partial charge on any atom is -0.493 e. The largest absolute Gasteiger partial charge is 0.493 e. The number of guanidine groups is 1. The van der Waals surface area contributed by atoms with Crippen LogP contribution in [0.5, 0.6) is 17.2 Å². The number of benzene rings is 1. The molecule has 1 fully saturated rings. The summed E-state index contributed by atoms with van der Waals surface area (Å²) >= 11 is 0. The standard InChI is InChI=1S/C19H31N3O3/c1-18(2)12-22(19(18,3)4)17(20-5)21-11-13-9-10-14(23-6)16(25-8)15(13)24-7/h9-10H,11-12H2,1-8H3,(H,20,21). The first-order valence-corrected chi connectivity index (χ1v) is 8.49. The van der Waals surface area contributed by atoms with E-state index in [1.54, 1.807) is 21.3 Å². The molecule has 0 atom stereocenters. The van der Waals surface area contributed by atoms with Gasteiger partial charge in [-0.15, -0.1) is 0 Å². The number of aliphatic imine (C=N–C) groups is 1. The van der Waals surface area contributed by atoms with Crippen molar-refractivity contribution in [3.63, 3.8) is 0 Å². The summed E-state index contributed by atoms with van der Waals surface area (Å²) < 4.78 is 16.3. The lowest BCUT2D eigenvalue weighted by Gasteiger charge is -2.62. The summed E-state index contributed by atoms with van der Waals surface area (Å²) in [4.78, 5) is 6.76. The molecule has 2 rings (SSSR count). The Kier molecular flexibility index (Phi) is 5.40. The summed E-state index contributed by atoms with van der Waals surface area (Å²) in [6.07, 6.45) is 0. The first kappa shape index (κ1) is 19.2. The Bertz CT molecular complexity index is 654. The first-order valence-electron chi connectivity index (χ1n) is 8.49. The highest BCUT2D eigenvalue weighted by Crippen LogP contribution is 2.46. The van der Waals surface area contributed by atoms with E-state index in [2.05, 4.69) is 42.9 Å². The van der Waals surface area contributed by atoms with E-state index >= 15 is 0 Å². The summed E-state index contributed by atoms with van der Waals surface area (Å²) in [6, 6.07) is 3.86. The molecule has 1 heterocycles. The monoisotopic (exact) mass is 349 g/mol. The summed E-state index contributed by atoms with van der Waals surface area (Å²) in [7, 11) is 6.68. The maximum absolute atomic E-state index is 5.55. The maximum atomic E-state index is 5.55. The zero-order chi connectivity index (χ0) is 18.8. The van der Waals surface area contributed by atoms with Crippen molar-refractivity contribution in [1.82, 2.24) is 10.2 Å². The lowest BCUT2D eigenvalue weighted by Crippen LogP contribution is -2.72. The van der Waals surface area contributed by atoms with Crippen LogP contribution in [-0.4, -0.2) is 51.3 Å². The maximum Gasteiger partial charge on any atom is 0.203 e. The van der Waals surface area contributed by atoms with Gasteiger partial charge in [-0.3, -0.25) is 4.99 Å². The van der Waals surface area contributed by atoms with E-state index in [1.165, 1.54) is 0 Å². The van der Waals surface area contributed by atoms with Crippen molar-refractivity contribution in [1.29, 1.82) is 0 Å². The van der Waals surface area contributed by atoms with E-state index in [0.29, 0.717) is 23.8 Å². The third-order valence-electron chi connectivity index (χ3n) is 5.57. The SMILES string of the molecule is CN=C(NCc1ccc(OC)c(OC)c1OC)N1CC(C)(C)C1(C)C. The zero-order valence-corrected chi connectivity index (χ0v) is 16.7. The molecule has 1 N–H and O–H groups in total. The van der Waals surface area contributed by atoms with E-state index in [4.69, 9.17) is 14.2 Å². The quantitative estimate of drug-likeness (QED) is 0.654. The highest BCUT2D eigenvalue weighted by molar-refractivity contribution is 5.82. The number of ether oxygens (including phenoxy) is 3. The highest BCUT2D eigenvalue weighted by Gasteiger charge is 2.53. The molecule has 1 aromatic rings. The Balaban J connectivity index is 2.18. The Morgan fingerprint density at radius 3 is 2.16 bits per heavy atom. The third-order valence-corrected chi connectivity index (χ3v) is 5.57. The van der Waals surface area contributed by atoms with Crippen LogP contribution in [-0.2, 0) is 6.54 Å². The van der Waals surface area contributed by atoms with Crippen molar-refractivity contribution in [3.8, 4) is 17.2 Å². The van der Waals surface area contributed by atoms with Gasteiger partial charge in [-0.1, -0.05) is 13.8 Å². The average Bonchev–Trinajstić information content (AvgIpc) is 2.60. The molecule has 1 saturated heterocycles. The van der Waals surface area contributed by atoms with Crippen LogP contribution in [0.25, 0.3) is 0 Å². The second-order valence-electron chi connectivity index (χ2n) is 7.42. The molecular formula is C19H31N3O3. The number of hydrogen-bond acceptors (Lipinski definition) is 4. The number of nitrogens with one attached hydrogen (secondary N) is 1. The molecular weight excluding hydrogens is 318 g/mol. The van der Waals surface area contributed by atoms with Crippen LogP contribution in [0.2, 0.25) is 0 Å². The highest BCUT2D eigenvalue weighted by atomic mass is 16.5. The van der Waals surface area contributed by atoms with Crippen molar-refractivity contribution in [2.75, 3.05) is 34.9 Å². The van der Waals surface area contributed by atoms with Crippen molar-refractivity contribution in [2.45, 2.75) is 39.8 Å². The van der Waals surface area contributed by atoms with Gasteiger partial charge in [0.25, 0.3) is 0 Å². The second-order valence-corrected chi connectivity index (χ2v) is 7.42. The molecule has 1 aromatic carbocycles. The lowest BCUT2D eigenvalue weighted by molar-refractivity contribution is -0.0668. The Morgan fingerprint density at radius 2 is 1.72 bits per heavy atom. The Labute approximate surface area is 151 Å². The number of hydrogen-bond donors (Lipinski definition) is 1. The Morgan fingerprint density at radius 1 is 1.08 bits per heavy atom. The van der Waals surface area contributed by atoms with Gasteiger partial charge in [0.05, 0.1) is 21.3 Å². The van der Waals surface area contributed by atoms with Crippen LogP contribution >= 0.6 is 0 Å². The molecule has 0 bridgehead atoms. The molecule has 0 amide bonds. The molecule has 6 nitrogen and oxygen atoms in total. The molecule has 140 valence electrons. The summed E-state index contributed by atoms with van der Waals surface area (Å²) in [5.41, 5.74) is 1.29. The number of likely N-dealkylation sites (tertiary alicyclic amines) is 1. The minimum atomic E-state index is 0.0521. The van der Waals surface area contributed by atoms with Gasteiger partial charge in [0.1, 0.15) is 0 Å². The molecule has 0 aromatic heterocycles. The van der Waals surface area contributed by atoms with E-state index in [1.807, 2.05) is 19.2 Å². The fourth-order valence-electron chi connectivity index (χ4n) is 3.17. The second kappa shape index (κ2) is 7.02. The van der Waals surface area contributed by atoms with Crippen LogP contribution in [0.15, 0.2) is 17.1 Å². The van der Waals surface area contributed by atoms with Crippen LogP contribution in [0.1, 0.15) is 33.3 Å². The van der Waals surface area contributed by atoms with Gasteiger partial charge in [-0.2, -0.15) is 0 Å².